The molecule has 2 N–H and O–H groups in total. The van der Waals surface area contributed by atoms with Crippen LogP contribution in [0.5, 0.6) is 0 Å². The maximum atomic E-state index is 5.44. The van der Waals surface area contributed by atoms with Crippen LogP contribution in [0.25, 0.3) is 0 Å². The zero-order chi connectivity index (χ0) is 10.7. The van der Waals surface area contributed by atoms with Gasteiger partial charge in [0.15, 0.2) is 0 Å². The van der Waals surface area contributed by atoms with Gasteiger partial charge < -0.3 is 10.6 Å². The normalized spacial score (nSPS) is 19.9. The van der Waals surface area contributed by atoms with Crippen LogP contribution in [0.4, 0.5) is 5.69 Å². The molecule has 0 radical (unpaired) electrons. The number of benzene rings is 1. The predicted octanol–water partition coefficient (Wildman–Crippen LogP) is 1.95. The molecular formula is C13H18N2. The summed E-state index contributed by atoms with van der Waals surface area (Å²) < 4.78 is 0. The highest BCUT2D eigenvalue weighted by Gasteiger charge is 2.23. The van der Waals surface area contributed by atoms with E-state index in [2.05, 4.69) is 42.2 Å². The first kappa shape index (κ1) is 10.2. The van der Waals surface area contributed by atoms with Crippen LogP contribution >= 0.6 is 0 Å². The molecule has 1 aromatic rings. The standard InChI is InChI=1S/C13H18N2/c1-11-10-12-6-2-3-7-13(12)15(11)9-5-4-8-14/h2-7,11H,8-10,14H2,1H3. The summed E-state index contributed by atoms with van der Waals surface area (Å²) >= 11 is 0. The van der Waals surface area contributed by atoms with Crippen LogP contribution in [-0.2, 0) is 6.42 Å². The summed E-state index contributed by atoms with van der Waals surface area (Å²) in [4.78, 5) is 2.43. The molecule has 2 rings (SSSR count). The zero-order valence-corrected chi connectivity index (χ0v) is 9.19. The van der Waals surface area contributed by atoms with Crippen molar-refractivity contribution in [1.29, 1.82) is 0 Å². The fraction of sp³-hybridized carbons (Fsp3) is 0.385. The van der Waals surface area contributed by atoms with Crippen molar-refractivity contribution in [2.45, 2.75) is 19.4 Å². The molecule has 0 bridgehead atoms. The SMILES string of the molecule is CC1Cc2ccccc2N1CC=CCN. The first-order chi connectivity index (χ1) is 7.33. The molecule has 0 amide bonds. The van der Waals surface area contributed by atoms with E-state index in [-0.39, 0.29) is 0 Å². The Morgan fingerprint density at radius 2 is 2.20 bits per heavy atom. The Balaban J connectivity index is 2.15. The molecule has 80 valence electrons. The van der Waals surface area contributed by atoms with Crippen LogP contribution in [0.15, 0.2) is 36.4 Å². The van der Waals surface area contributed by atoms with E-state index in [0.29, 0.717) is 12.6 Å². The van der Waals surface area contributed by atoms with Gasteiger partial charge in [-0.2, -0.15) is 0 Å². The monoisotopic (exact) mass is 202 g/mol. The number of fused-ring (bicyclic) bond motifs is 1. The van der Waals surface area contributed by atoms with Gasteiger partial charge in [-0.3, -0.25) is 0 Å². The molecule has 0 aromatic heterocycles. The van der Waals surface area contributed by atoms with Gasteiger partial charge in [0.05, 0.1) is 0 Å². The lowest BCUT2D eigenvalue weighted by Gasteiger charge is -2.23. The molecule has 0 saturated carbocycles. The third-order valence-corrected chi connectivity index (χ3v) is 2.95. The van der Waals surface area contributed by atoms with Crippen molar-refractivity contribution in [2.24, 2.45) is 5.73 Å². The van der Waals surface area contributed by atoms with Crippen LogP contribution in [0.2, 0.25) is 0 Å². The van der Waals surface area contributed by atoms with Gasteiger partial charge in [-0.1, -0.05) is 30.4 Å². The van der Waals surface area contributed by atoms with Crippen LogP contribution in [0.1, 0.15) is 12.5 Å². The Morgan fingerprint density at radius 1 is 1.40 bits per heavy atom. The zero-order valence-electron chi connectivity index (χ0n) is 9.19. The number of hydrogen-bond acceptors (Lipinski definition) is 2. The first-order valence-electron chi connectivity index (χ1n) is 5.52. The molecule has 0 saturated heterocycles. The highest BCUT2D eigenvalue weighted by molar-refractivity contribution is 5.59. The van der Waals surface area contributed by atoms with Crippen molar-refractivity contribution in [1.82, 2.24) is 0 Å². The summed E-state index contributed by atoms with van der Waals surface area (Å²) in [5.74, 6) is 0. The Labute approximate surface area is 91.4 Å². The quantitative estimate of drug-likeness (QED) is 0.759. The topological polar surface area (TPSA) is 29.3 Å². The van der Waals surface area contributed by atoms with Crippen molar-refractivity contribution in [3.8, 4) is 0 Å². The molecule has 2 heteroatoms. The Kier molecular flexibility index (Phi) is 3.07. The van der Waals surface area contributed by atoms with Crippen LogP contribution < -0.4 is 10.6 Å². The summed E-state index contributed by atoms with van der Waals surface area (Å²) in [5.41, 5.74) is 8.28. The number of hydrogen-bond donors (Lipinski definition) is 1. The fourth-order valence-electron chi connectivity index (χ4n) is 2.19. The number of para-hydroxylation sites is 1. The largest absolute Gasteiger partial charge is 0.365 e. The minimum Gasteiger partial charge on any atom is -0.365 e. The number of nitrogens with zero attached hydrogens (tertiary/aromatic N) is 1. The highest BCUT2D eigenvalue weighted by atomic mass is 15.2. The van der Waals surface area contributed by atoms with Crippen molar-refractivity contribution in [3.05, 3.63) is 42.0 Å². The van der Waals surface area contributed by atoms with Gasteiger partial charge in [0.25, 0.3) is 0 Å². The van der Waals surface area contributed by atoms with Crippen LogP contribution in [-0.4, -0.2) is 19.1 Å². The van der Waals surface area contributed by atoms with Gasteiger partial charge in [-0.05, 0) is 25.0 Å². The van der Waals surface area contributed by atoms with Gasteiger partial charge in [0.1, 0.15) is 0 Å². The molecule has 2 nitrogen and oxygen atoms in total. The third kappa shape index (κ3) is 2.05. The fourth-order valence-corrected chi connectivity index (χ4v) is 2.19. The molecule has 1 aliphatic heterocycles. The second kappa shape index (κ2) is 4.49. The minimum atomic E-state index is 0.602. The number of nitrogens with two attached hydrogens (primary N) is 1. The molecule has 1 aliphatic rings. The van der Waals surface area contributed by atoms with Gasteiger partial charge >= 0.3 is 0 Å². The third-order valence-electron chi connectivity index (χ3n) is 2.95. The second-order valence-electron chi connectivity index (χ2n) is 4.04. The lowest BCUT2D eigenvalue weighted by atomic mass is 10.1. The molecule has 1 heterocycles. The Bertz CT molecular complexity index is 357. The van der Waals surface area contributed by atoms with E-state index in [1.54, 1.807) is 0 Å². The van der Waals surface area contributed by atoms with E-state index in [4.69, 9.17) is 5.73 Å². The van der Waals surface area contributed by atoms with Gasteiger partial charge in [0.2, 0.25) is 0 Å². The summed E-state index contributed by atoms with van der Waals surface area (Å²) in [6.07, 6.45) is 5.33. The van der Waals surface area contributed by atoms with Crippen molar-refractivity contribution >= 4 is 5.69 Å². The van der Waals surface area contributed by atoms with E-state index in [0.717, 1.165) is 13.0 Å². The molecule has 0 aliphatic carbocycles. The van der Waals surface area contributed by atoms with E-state index < -0.39 is 0 Å². The average molecular weight is 202 g/mol. The Hall–Kier alpha value is -1.28. The lowest BCUT2D eigenvalue weighted by Crippen LogP contribution is -2.29. The molecule has 0 spiro atoms. The minimum absolute atomic E-state index is 0.602. The summed E-state index contributed by atoms with van der Waals surface area (Å²) in [5, 5.41) is 0. The van der Waals surface area contributed by atoms with E-state index >= 15 is 0 Å². The van der Waals surface area contributed by atoms with Crippen LogP contribution in [0.3, 0.4) is 0 Å². The van der Waals surface area contributed by atoms with Crippen molar-refractivity contribution in [3.63, 3.8) is 0 Å². The van der Waals surface area contributed by atoms with Gasteiger partial charge in [-0.25, -0.2) is 0 Å². The molecule has 0 fully saturated rings. The van der Waals surface area contributed by atoms with Gasteiger partial charge in [0, 0.05) is 24.8 Å². The molecule has 15 heavy (non-hydrogen) atoms. The number of rotatable bonds is 3. The first-order valence-corrected chi connectivity index (χ1v) is 5.52. The maximum absolute atomic E-state index is 5.44. The smallest absolute Gasteiger partial charge is 0.0404 e. The molecule has 1 atom stereocenters. The Morgan fingerprint density at radius 3 is 3.00 bits per heavy atom. The highest BCUT2D eigenvalue weighted by Crippen LogP contribution is 2.31. The average Bonchev–Trinajstić information content (AvgIpc) is 2.56. The summed E-state index contributed by atoms with van der Waals surface area (Å²) in [6, 6.07) is 9.25. The van der Waals surface area contributed by atoms with Crippen molar-refractivity contribution < 1.29 is 0 Å². The predicted molar refractivity (Wildman–Crippen MR) is 65.1 cm³/mol. The van der Waals surface area contributed by atoms with Crippen LogP contribution in [0, 0.1) is 0 Å². The van der Waals surface area contributed by atoms with Gasteiger partial charge in [-0.15, -0.1) is 0 Å². The molecule has 1 aromatic carbocycles. The summed E-state index contributed by atoms with van der Waals surface area (Å²) in [7, 11) is 0. The van der Waals surface area contributed by atoms with E-state index in [9.17, 15) is 0 Å². The van der Waals surface area contributed by atoms with E-state index in [1.807, 2.05) is 6.08 Å². The molecular weight excluding hydrogens is 184 g/mol. The second-order valence-corrected chi connectivity index (χ2v) is 4.04. The number of anilines is 1. The van der Waals surface area contributed by atoms with Crippen molar-refractivity contribution in [2.75, 3.05) is 18.0 Å². The summed E-state index contributed by atoms with van der Waals surface area (Å²) in [6.45, 7) is 3.87. The van der Waals surface area contributed by atoms with E-state index in [1.165, 1.54) is 11.3 Å². The maximum Gasteiger partial charge on any atom is 0.0404 e. The lowest BCUT2D eigenvalue weighted by molar-refractivity contribution is 0.706. The molecule has 1 unspecified atom stereocenters.